The van der Waals surface area contributed by atoms with E-state index in [1.165, 1.54) is 28.6 Å². The number of amides is 3. The Morgan fingerprint density at radius 1 is 1.23 bits per heavy atom. The molecular weight excluding hydrogens is 406 g/mol. The summed E-state index contributed by atoms with van der Waals surface area (Å²) in [5.41, 5.74) is -2.17. The molecular formula is C21H37N3O5S. The zero-order valence-electron chi connectivity index (χ0n) is 19.2. The Labute approximate surface area is 183 Å². The van der Waals surface area contributed by atoms with Crippen molar-refractivity contribution in [1.82, 2.24) is 15.3 Å². The van der Waals surface area contributed by atoms with E-state index < -0.39 is 28.0 Å². The third-order valence-corrected chi connectivity index (χ3v) is 7.32. The smallest absolute Gasteiger partial charge is 0.243 e. The van der Waals surface area contributed by atoms with Crippen molar-refractivity contribution in [3.8, 4) is 0 Å². The molecule has 2 heterocycles. The van der Waals surface area contributed by atoms with Crippen LogP contribution in [0.5, 0.6) is 0 Å². The highest BCUT2D eigenvalue weighted by Gasteiger charge is 2.51. The highest BCUT2D eigenvalue weighted by atomic mass is 32.2. The van der Waals surface area contributed by atoms with E-state index in [0.717, 1.165) is 0 Å². The van der Waals surface area contributed by atoms with E-state index >= 15 is 0 Å². The molecule has 0 aromatic rings. The standard InChI is InChI=1S/C21H37N3O5S/c1-13(25)22-16(21(6,7)28)8-9-30-15-10-17(26)23(18(15)27)14-11-19(2,3)24(29)20(4,5)12-14/h14-16,28-29H,8-12H2,1-7H3,(H,22,25). The van der Waals surface area contributed by atoms with E-state index in [0.29, 0.717) is 25.0 Å². The molecule has 2 atom stereocenters. The summed E-state index contributed by atoms with van der Waals surface area (Å²) in [7, 11) is 0. The van der Waals surface area contributed by atoms with Crippen LogP contribution >= 0.6 is 11.8 Å². The lowest BCUT2D eigenvalue weighted by molar-refractivity contribution is -0.250. The molecule has 2 rings (SSSR count). The molecule has 3 amide bonds. The number of imide groups is 1. The average Bonchev–Trinajstić information content (AvgIpc) is 2.84. The molecule has 9 heteroatoms. The fraction of sp³-hybridized carbons (Fsp3) is 0.857. The fourth-order valence-corrected chi connectivity index (χ4v) is 5.88. The van der Waals surface area contributed by atoms with Gasteiger partial charge in [-0.05, 0) is 66.6 Å². The molecule has 0 aromatic heterocycles. The lowest BCUT2D eigenvalue weighted by atomic mass is 9.78. The lowest BCUT2D eigenvalue weighted by Crippen LogP contribution is -2.63. The molecule has 3 N–H and O–H groups in total. The predicted molar refractivity (Wildman–Crippen MR) is 116 cm³/mol. The number of hydrogen-bond acceptors (Lipinski definition) is 7. The maximum atomic E-state index is 13.1. The number of aliphatic hydroxyl groups is 1. The number of nitrogens with zero attached hydrogens (tertiary/aromatic N) is 2. The molecule has 172 valence electrons. The van der Waals surface area contributed by atoms with Gasteiger partial charge in [-0.2, -0.15) is 5.06 Å². The molecule has 0 saturated carbocycles. The summed E-state index contributed by atoms with van der Waals surface area (Å²) in [5, 5.41) is 24.4. The van der Waals surface area contributed by atoms with Crippen LogP contribution in [0.4, 0.5) is 0 Å². The number of likely N-dealkylation sites (tertiary alicyclic amines) is 1. The van der Waals surface area contributed by atoms with Crippen molar-refractivity contribution >= 4 is 29.5 Å². The predicted octanol–water partition coefficient (Wildman–Crippen LogP) is 1.92. The number of piperidine rings is 1. The van der Waals surface area contributed by atoms with E-state index in [1.807, 2.05) is 27.7 Å². The third kappa shape index (κ3) is 5.55. The van der Waals surface area contributed by atoms with Gasteiger partial charge in [0.2, 0.25) is 17.7 Å². The van der Waals surface area contributed by atoms with Crippen molar-refractivity contribution in [2.45, 2.75) is 108 Å². The molecule has 2 aliphatic heterocycles. The van der Waals surface area contributed by atoms with Crippen molar-refractivity contribution in [3.63, 3.8) is 0 Å². The molecule has 30 heavy (non-hydrogen) atoms. The Hall–Kier alpha value is -1.16. The fourth-order valence-electron chi connectivity index (χ4n) is 4.71. The van der Waals surface area contributed by atoms with Gasteiger partial charge in [-0.15, -0.1) is 11.8 Å². The van der Waals surface area contributed by atoms with E-state index in [2.05, 4.69) is 5.32 Å². The highest BCUT2D eigenvalue weighted by molar-refractivity contribution is 8.00. The summed E-state index contributed by atoms with van der Waals surface area (Å²) < 4.78 is 0. The summed E-state index contributed by atoms with van der Waals surface area (Å²) in [5.74, 6) is -0.0157. The number of carbonyl (C=O) groups excluding carboxylic acids is 3. The van der Waals surface area contributed by atoms with Crippen LogP contribution in [0.15, 0.2) is 0 Å². The van der Waals surface area contributed by atoms with Crippen molar-refractivity contribution in [2.24, 2.45) is 0 Å². The quantitative estimate of drug-likeness (QED) is 0.516. The van der Waals surface area contributed by atoms with Crippen molar-refractivity contribution in [3.05, 3.63) is 0 Å². The Bertz CT molecular complexity index is 671. The van der Waals surface area contributed by atoms with E-state index in [1.54, 1.807) is 13.8 Å². The first kappa shape index (κ1) is 25.1. The number of thioether (sulfide) groups is 1. The van der Waals surface area contributed by atoms with Gasteiger partial charge in [-0.3, -0.25) is 19.3 Å². The number of nitrogens with one attached hydrogen (secondary N) is 1. The molecule has 2 aliphatic rings. The van der Waals surface area contributed by atoms with Crippen LogP contribution in [-0.4, -0.2) is 77.8 Å². The molecule has 2 saturated heterocycles. The Morgan fingerprint density at radius 3 is 2.23 bits per heavy atom. The van der Waals surface area contributed by atoms with E-state index in [-0.39, 0.29) is 30.2 Å². The second-order valence-electron chi connectivity index (χ2n) is 10.4. The summed E-state index contributed by atoms with van der Waals surface area (Å²) >= 11 is 1.40. The number of carbonyl (C=O) groups is 3. The first-order valence-electron chi connectivity index (χ1n) is 10.5. The van der Waals surface area contributed by atoms with Crippen LogP contribution in [-0.2, 0) is 14.4 Å². The first-order chi connectivity index (χ1) is 13.6. The normalized spacial score (nSPS) is 26.2. The van der Waals surface area contributed by atoms with E-state index in [9.17, 15) is 24.7 Å². The molecule has 0 bridgehead atoms. The molecule has 0 aromatic carbocycles. The second kappa shape index (κ2) is 8.76. The van der Waals surface area contributed by atoms with Crippen LogP contribution < -0.4 is 5.32 Å². The zero-order valence-corrected chi connectivity index (χ0v) is 20.0. The van der Waals surface area contributed by atoms with Crippen molar-refractivity contribution < 1.29 is 24.7 Å². The zero-order chi connectivity index (χ0) is 23.1. The molecule has 2 unspecified atom stereocenters. The van der Waals surface area contributed by atoms with Gasteiger partial charge in [-0.25, -0.2) is 0 Å². The average molecular weight is 444 g/mol. The molecule has 8 nitrogen and oxygen atoms in total. The minimum absolute atomic E-state index is 0.164. The van der Waals surface area contributed by atoms with Crippen LogP contribution in [0.3, 0.4) is 0 Å². The van der Waals surface area contributed by atoms with E-state index in [4.69, 9.17) is 0 Å². The molecule has 0 spiro atoms. The van der Waals surface area contributed by atoms with Gasteiger partial charge in [-0.1, -0.05) is 0 Å². The van der Waals surface area contributed by atoms with Crippen LogP contribution in [0.1, 0.15) is 74.1 Å². The van der Waals surface area contributed by atoms with Gasteiger partial charge >= 0.3 is 0 Å². The maximum Gasteiger partial charge on any atom is 0.243 e. The number of rotatable bonds is 7. The van der Waals surface area contributed by atoms with Crippen molar-refractivity contribution in [2.75, 3.05) is 5.75 Å². The van der Waals surface area contributed by atoms with Gasteiger partial charge in [0.25, 0.3) is 0 Å². The SMILES string of the molecule is CC(=O)NC(CCSC1CC(=O)N(C2CC(C)(C)N(O)C(C)(C)C2)C1=O)C(C)(C)O. The van der Waals surface area contributed by atoms with Gasteiger partial charge in [0.1, 0.15) is 0 Å². The van der Waals surface area contributed by atoms with Gasteiger partial charge in [0.05, 0.1) is 16.9 Å². The monoisotopic (exact) mass is 443 g/mol. The summed E-state index contributed by atoms with van der Waals surface area (Å²) in [6.45, 7) is 12.3. The molecule has 0 aliphatic carbocycles. The van der Waals surface area contributed by atoms with Gasteiger partial charge in [0, 0.05) is 30.5 Å². The molecule has 0 radical (unpaired) electrons. The first-order valence-corrected chi connectivity index (χ1v) is 11.6. The van der Waals surface area contributed by atoms with Gasteiger partial charge < -0.3 is 15.6 Å². The lowest BCUT2D eigenvalue weighted by Gasteiger charge is -2.52. The summed E-state index contributed by atoms with van der Waals surface area (Å²) in [6.07, 6.45) is 1.70. The number of hydroxylamine groups is 2. The second-order valence-corrected chi connectivity index (χ2v) is 11.7. The van der Waals surface area contributed by atoms with Crippen LogP contribution in [0.25, 0.3) is 0 Å². The summed E-state index contributed by atoms with van der Waals surface area (Å²) in [6, 6.07) is -0.672. The van der Waals surface area contributed by atoms with Gasteiger partial charge in [0.15, 0.2) is 0 Å². The Balaban J connectivity index is 2.02. The largest absolute Gasteiger partial charge is 0.388 e. The Kier molecular flexibility index (Phi) is 7.33. The molecule has 2 fully saturated rings. The summed E-state index contributed by atoms with van der Waals surface area (Å²) in [4.78, 5) is 38.6. The topological polar surface area (TPSA) is 110 Å². The third-order valence-electron chi connectivity index (χ3n) is 6.08. The van der Waals surface area contributed by atoms with Crippen molar-refractivity contribution in [1.29, 1.82) is 0 Å². The Morgan fingerprint density at radius 2 is 1.77 bits per heavy atom. The number of hydrogen-bond donors (Lipinski definition) is 3. The maximum absolute atomic E-state index is 13.1. The van der Waals surface area contributed by atoms with Crippen LogP contribution in [0.2, 0.25) is 0 Å². The highest BCUT2D eigenvalue weighted by Crippen LogP contribution is 2.41. The van der Waals surface area contributed by atoms with Crippen LogP contribution in [0, 0.1) is 0 Å². The minimum Gasteiger partial charge on any atom is -0.388 e. The minimum atomic E-state index is -1.08.